The highest BCUT2D eigenvalue weighted by Crippen LogP contribution is 2.20. The van der Waals surface area contributed by atoms with E-state index in [0.717, 1.165) is 5.56 Å². The number of nitrogens with zero attached hydrogens (tertiary/aromatic N) is 2. The zero-order chi connectivity index (χ0) is 16.3. The van der Waals surface area contributed by atoms with Gasteiger partial charge < -0.3 is 9.84 Å². The standard InChI is InChI=1S/C15H16ClN3O3/c1-9-4-5-12(16)7-13(9)17-15(21)8-19(11(3)20)14-6-10(2)22-18-14/h4-7H,8H2,1-3H3,(H,17,21). The summed E-state index contributed by atoms with van der Waals surface area (Å²) in [4.78, 5) is 25.1. The van der Waals surface area contributed by atoms with Gasteiger partial charge in [-0.25, -0.2) is 0 Å². The third-order valence-corrected chi connectivity index (χ3v) is 3.28. The van der Waals surface area contributed by atoms with Crippen LogP contribution in [-0.4, -0.2) is 23.5 Å². The second kappa shape index (κ2) is 6.62. The van der Waals surface area contributed by atoms with Crippen molar-refractivity contribution in [2.45, 2.75) is 20.8 Å². The fourth-order valence-electron chi connectivity index (χ4n) is 1.90. The van der Waals surface area contributed by atoms with Crippen molar-refractivity contribution in [1.29, 1.82) is 0 Å². The average molecular weight is 322 g/mol. The van der Waals surface area contributed by atoms with Crippen molar-refractivity contribution in [2.75, 3.05) is 16.8 Å². The average Bonchev–Trinajstić information content (AvgIpc) is 2.86. The van der Waals surface area contributed by atoms with Gasteiger partial charge in [-0.1, -0.05) is 22.8 Å². The van der Waals surface area contributed by atoms with E-state index in [0.29, 0.717) is 22.3 Å². The molecule has 0 aliphatic carbocycles. The number of hydrogen-bond donors (Lipinski definition) is 1. The molecule has 0 unspecified atom stereocenters. The molecule has 0 radical (unpaired) electrons. The van der Waals surface area contributed by atoms with Gasteiger partial charge in [-0.15, -0.1) is 0 Å². The summed E-state index contributed by atoms with van der Waals surface area (Å²) in [6.07, 6.45) is 0. The maximum Gasteiger partial charge on any atom is 0.244 e. The third-order valence-electron chi connectivity index (χ3n) is 3.05. The number of carbonyl (C=O) groups excluding carboxylic acids is 2. The van der Waals surface area contributed by atoms with Gasteiger partial charge >= 0.3 is 0 Å². The Morgan fingerprint density at radius 1 is 1.32 bits per heavy atom. The van der Waals surface area contributed by atoms with Crippen LogP contribution in [0.3, 0.4) is 0 Å². The fraction of sp³-hybridized carbons (Fsp3) is 0.267. The second-order valence-corrected chi connectivity index (χ2v) is 5.34. The van der Waals surface area contributed by atoms with Crippen molar-refractivity contribution >= 4 is 34.9 Å². The lowest BCUT2D eigenvalue weighted by Crippen LogP contribution is -2.37. The molecule has 0 aliphatic heterocycles. The van der Waals surface area contributed by atoms with Crippen LogP contribution in [0.15, 0.2) is 28.8 Å². The summed E-state index contributed by atoms with van der Waals surface area (Å²) >= 11 is 5.92. The number of carbonyl (C=O) groups is 2. The van der Waals surface area contributed by atoms with Gasteiger partial charge in [-0.05, 0) is 31.5 Å². The predicted octanol–water partition coefficient (Wildman–Crippen LogP) is 2.94. The van der Waals surface area contributed by atoms with Crippen molar-refractivity contribution in [3.63, 3.8) is 0 Å². The normalized spacial score (nSPS) is 10.4. The van der Waals surface area contributed by atoms with Crippen molar-refractivity contribution in [1.82, 2.24) is 5.16 Å². The molecule has 1 aromatic heterocycles. The minimum atomic E-state index is -0.346. The van der Waals surface area contributed by atoms with Gasteiger partial charge in [-0.3, -0.25) is 14.5 Å². The monoisotopic (exact) mass is 321 g/mol. The predicted molar refractivity (Wildman–Crippen MR) is 84.1 cm³/mol. The Morgan fingerprint density at radius 3 is 2.64 bits per heavy atom. The molecule has 0 atom stereocenters. The number of hydrogen-bond acceptors (Lipinski definition) is 4. The Balaban J connectivity index is 2.12. The molecule has 1 aromatic carbocycles. The Morgan fingerprint density at radius 2 is 2.05 bits per heavy atom. The zero-order valence-electron chi connectivity index (χ0n) is 12.5. The first-order chi connectivity index (χ1) is 10.4. The number of anilines is 2. The summed E-state index contributed by atoms with van der Waals surface area (Å²) in [6.45, 7) is 4.77. The molecule has 0 spiro atoms. The molecule has 1 heterocycles. The molecule has 0 aliphatic rings. The summed E-state index contributed by atoms with van der Waals surface area (Å²) in [6, 6.07) is 6.81. The van der Waals surface area contributed by atoms with E-state index in [1.165, 1.54) is 11.8 Å². The van der Waals surface area contributed by atoms with Crippen LogP contribution < -0.4 is 10.2 Å². The van der Waals surface area contributed by atoms with E-state index < -0.39 is 0 Å². The zero-order valence-corrected chi connectivity index (χ0v) is 13.3. The summed E-state index contributed by atoms with van der Waals surface area (Å²) < 4.78 is 4.94. The number of nitrogens with one attached hydrogen (secondary N) is 1. The highest BCUT2D eigenvalue weighted by Gasteiger charge is 2.19. The van der Waals surface area contributed by atoms with Crippen LogP contribution in [0.4, 0.5) is 11.5 Å². The maximum absolute atomic E-state index is 12.2. The van der Waals surface area contributed by atoms with Crippen LogP contribution in [0.25, 0.3) is 0 Å². The van der Waals surface area contributed by atoms with E-state index in [1.54, 1.807) is 25.1 Å². The number of amides is 2. The van der Waals surface area contributed by atoms with E-state index in [-0.39, 0.29) is 18.4 Å². The molecule has 22 heavy (non-hydrogen) atoms. The van der Waals surface area contributed by atoms with E-state index in [1.807, 2.05) is 13.0 Å². The van der Waals surface area contributed by atoms with Crippen LogP contribution in [0.1, 0.15) is 18.2 Å². The van der Waals surface area contributed by atoms with Crippen molar-refractivity contribution < 1.29 is 14.1 Å². The highest BCUT2D eigenvalue weighted by molar-refractivity contribution is 6.31. The van der Waals surface area contributed by atoms with Crippen molar-refractivity contribution in [3.8, 4) is 0 Å². The van der Waals surface area contributed by atoms with Gasteiger partial charge in [0.25, 0.3) is 0 Å². The fourth-order valence-corrected chi connectivity index (χ4v) is 2.07. The second-order valence-electron chi connectivity index (χ2n) is 4.91. The largest absolute Gasteiger partial charge is 0.360 e. The number of aromatic nitrogens is 1. The van der Waals surface area contributed by atoms with Crippen LogP contribution >= 0.6 is 11.6 Å². The first kappa shape index (κ1) is 16.0. The smallest absolute Gasteiger partial charge is 0.244 e. The molecular weight excluding hydrogens is 306 g/mol. The topological polar surface area (TPSA) is 75.4 Å². The molecule has 1 N–H and O–H groups in total. The van der Waals surface area contributed by atoms with E-state index in [2.05, 4.69) is 10.5 Å². The highest BCUT2D eigenvalue weighted by atomic mass is 35.5. The third kappa shape index (κ3) is 3.85. The van der Waals surface area contributed by atoms with Crippen molar-refractivity contribution in [3.05, 3.63) is 40.6 Å². The molecule has 0 saturated carbocycles. The lowest BCUT2D eigenvalue weighted by atomic mass is 10.2. The molecule has 0 saturated heterocycles. The van der Waals surface area contributed by atoms with Gasteiger partial charge in [-0.2, -0.15) is 0 Å². The first-order valence-electron chi connectivity index (χ1n) is 6.64. The van der Waals surface area contributed by atoms with Crippen LogP contribution in [0, 0.1) is 13.8 Å². The summed E-state index contributed by atoms with van der Waals surface area (Å²) in [5.41, 5.74) is 1.49. The summed E-state index contributed by atoms with van der Waals surface area (Å²) in [5, 5.41) is 7.02. The SMILES string of the molecule is CC(=O)N(CC(=O)Nc1cc(Cl)ccc1C)c1cc(C)on1. The molecule has 2 amide bonds. The maximum atomic E-state index is 12.2. The Bertz CT molecular complexity index is 712. The van der Waals surface area contributed by atoms with Gasteiger partial charge in [0, 0.05) is 23.7 Å². The van der Waals surface area contributed by atoms with E-state index >= 15 is 0 Å². The van der Waals surface area contributed by atoms with Crippen LogP contribution in [0.2, 0.25) is 5.02 Å². The molecule has 2 rings (SSSR count). The quantitative estimate of drug-likeness (QED) is 0.939. The summed E-state index contributed by atoms with van der Waals surface area (Å²) in [7, 11) is 0. The lowest BCUT2D eigenvalue weighted by Gasteiger charge is -2.17. The molecule has 0 bridgehead atoms. The van der Waals surface area contributed by atoms with Crippen LogP contribution in [-0.2, 0) is 9.59 Å². The van der Waals surface area contributed by atoms with Crippen LogP contribution in [0.5, 0.6) is 0 Å². The van der Waals surface area contributed by atoms with Gasteiger partial charge in [0.05, 0.1) is 0 Å². The molecular formula is C15H16ClN3O3. The lowest BCUT2D eigenvalue weighted by molar-refractivity contribution is -0.120. The Hall–Kier alpha value is -2.34. The number of halogens is 1. The first-order valence-corrected chi connectivity index (χ1v) is 7.02. The molecule has 116 valence electrons. The number of benzene rings is 1. The minimum absolute atomic E-state index is 0.159. The molecule has 7 heteroatoms. The Labute approximate surface area is 133 Å². The van der Waals surface area contributed by atoms with Gasteiger partial charge in [0.15, 0.2) is 5.82 Å². The van der Waals surface area contributed by atoms with Gasteiger partial charge in [0.2, 0.25) is 11.8 Å². The number of aryl methyl sites for hydroxylation is 2. The van der Waals surface area contributed by atoms with E-state index in [9.17, 15) is 9.59 Å². The number of rotatable bonds is 4. The molecule has 0 fully saturated rings. The summed E-state index contributed by atoms with van der Waals surface area (Å²) in [5.74, 6) is 0.225. The molecule has 6 nitrogen and oxygen atoms in total. The van der Waals surface area contributed by atoms with Crippen molar-refractivity contribution in [2.24, 2.45) is 0 Å². The van der Waals surface area contributed by atoms with E-state index in [4.69, 9.17) is 16.1 Å². The minimum Gasteiger partial charge on any atom is -0.360 e. The molecule has 2 aromatic rings. The van der Waals surface area contributed by atoms with Gasteiger partial charge in [0.1, 0.15) is 12.3 Å². The Kier molecular flexibility index (Phi) is 4.82.